The summed E-state index contributed by atoms with van der Waals surface area (Å²) in [4.78, 5) is 11.4. The Labute approximate surface area is 101 Å². The molecule has 0 aliphatic heterocycles. The number of alkyl halides is 1. The van der Waals surface area contributed by atoms with Crippen molar-refractivity contribution in [3.8, 4) is 0 Å². The molecule has 0 spiro atoms. The summed E-state index contributed by atoms with van der Waals surface area (Å²) in [5.41, 5.74) is 0. The van der Waals surface area contributed by atoms with Gasteiger partial charge in [-0.3, -0.25) is 4.79 Å². The van der Waals surface area contributed by atoms with Gasteiger partial charge in [-0.1, -0.05) is 0 Å². The highest BCUT2D eigenvalue weighted by molar-refractivity contribution is 9.10. The summed E-state index contributed by atoms with van der Waals surface area (Å²) < 4.78 is 10.7. The SMILES string of the molecule is O=C(NCCOCCCl)c1ccc(Br)o1. The maximum atomic E-state index is 11.4. The number of furan rings is 1. The first-order valence-corrected chi connectivity index (χ1v) is 5.74. The highest BCUT2D eigenvalue weighted by atomic mass is 79.9. The monoisotopic (exact) mass is 295 g/mol. The first-order chi connectivity index (χ1) is 7.24. The largest absolute Gasteiger partial charge is 0.444 e. The van der Waals surface area contributed by atoms with Gasteiger partial charge in [-0.25, -0.2) is 0 Å². The van der Waals surface area contributed by atoms with E-state index in [2.05, 4.69) is 21.2 Å². The van der Waals surface area contributed by atoms with E-state index in [0.29, 0.717) is 30.3 Å². The third-order valence-corrected chi connectivity index (χ3v) is 2.13. The predicted octanol–water partition coefficient (Wildman–Crippen LogP) is 2.03. The summed E-state index contributed by atoms with van der Waals surface area (Å²) in [6, 6.07) is 3.26. The summed E-state index contributed by atoms with van der Waals surface area (Å²) in [5, 5.41) is 2.65. The van der Waals surface area contributed by atoms with Crippen LogP contribution in [0.25, 0.3) is 0 Å². The van der Waals surface area contributed by atoms with Crippen LogP contribution in [-0.4, -0.2) is 31.5 Å². The van der Waals surface area contributed by atoms with Crippen molar-refractivity contribution in [1.82, 2.24) is 5.32 Å². The van der Waals surface area contributed by atoms with Gasteiger partial charge in [0.15, 0.2) is 10.4 Å². The summed E-state index contributed by atoms with van der Waals surface area (Å²) in [5.74, 6) is 0.480. The maximum absolute atomic E-state index is 11.4. The van der Waals surface area contributed by atoms with Gasteiger partial charge in [-0.2, -0.15) is 0 Å². The molecule has 1 amide bonds. The highest BCUT2D eigenvalue weighted by Gasteiger charge is 2.08. The molecule has 0 aliphatic carbocycles. The number of carbonyl (C=O) groups excluding carboxylic acids is 1. The molecule has 1 rings (SSSR count). The lowest BCUT2D eigenvalue weighted by atomic mass is 10.4. The van der Waals surface area contributed by atoms with E-state index in [1.165, 1.54) is 0 Å². The Bertz CT molecular complexity index is 316. The standard InChI is InChI=1S/C9H11BrClNO3/c10-8-2-1-7(15-8)9(13)12-4-6-14-5-3-11/h1-2H,3-6H2,(H,12,13). The van der Waals surface area contributed by atoms with Gasteiger partial charge in [0.1, 0.15) is 0 Å². The van der Waals surface area contributed by atoms with Crippen LogP contribution in [0.4, 0.5) is 0 Å². The molecule has 0 radical (unpaired) electrons. The topological polar surface area (TPSA) is 51.5 Å². The molecule has 6 heteroatoms. The fraction of sp³-hybridized carbons (Fsp3) is 0.444. The molecule has 84 valence electrons. The molecular formula is C9H11BrClNO3. The molecule has 0 atom stereocenters. The summed E-state index contributed by atoms with van der Waals surface area (Å²) in [7, 11) is 0. The van der Waals surface area contributed by atoms with Gasteiger partial charge in [0.25, 0.3) is 5.91 Å². The molecule has 1 aromatic rings. The molecule has 1 aromatic heterocycles. The van der Waals surface area contributed by atoms with Crippen LogP contribution in [-0.2, 0) is 4.74 Å². The van der Waals surface area contributed by atoms with E-state index >= 15 is 0 Å². The minimum absolute atomic E-state index is 0.254. The van der Waals surface area contributed by atoms with Gasteiger partial charge >= 0.3 is 0 Å². The van der Waals surface area contributed by atoms with Gasteiger partial charge in [0.2, 0.25) is 0 Å². The molecule has 0 aliphatic rings. The summed E-state index contributed by atoms with van der Waals surface area (Å²) in [6.07, 6.45) is 0. The van der Waals surface area contributed by atoms with Crippen molar-refractivity contribution in [2.24, 2.45) is 0 Å². The molecule has 15 heavy (non-hydrogen) atoms. The zero-order valence-electron chi connectivity index (χ0n) is 7.96. The molecule has 0 unspecified atom stereocenters. The second-order valence-corrected chi connectivity index (χ2v) is 3.82. The van der Waals surface area contributed by atoms with Gasteiger partial charge < -0.3 is 14.5 Å². The van der Waals surface area contributed by atoms with Crippen LogP contribution in [0.15, 0.2) is 21.2 Å². The molecule has 0 saturated carbocycles. The Morgan fingerprint density at radius 2 is 2.33 bits per heavy atom. The lowest BCUT2D eigenvalue weighted by Gasteiger charge is -2.03. The smallest absolute Gasteiger partial charge is 0.287 e. The quantitative estimate of drug-likeness (QED) is 0.645. The number of nitrogens with one attached hydrogen (secondary N) is 1. The Hall–Kier alpha value is -0.520. The van der Waals surface area contributed by atoms with E-state index < -0.39 is 0 Å². The summed E-state index contributed by atoms with van der Waals surface area (Å²) in [6.45, 7) is 1.37. The van der Waals surface area contributed by atoms with Crippen LogP contribution >= 0.6 is 27.5 Å². The number of amides is 1. The minimum atomic E-state index is -0.254. The van der Waals surface area contributed by atoms with E-state index in [4.69, 9.17) is 20.8 Å². The average Bonchev–Trinajstić information content (AvgIpc) is 2.64. The Morgan fingerprint density at radius 3 is 2.93 bits per heavy atom. The van der Waals surface area contributed by atoms with E-state index in [0.717, 1.165) is 0 Å². The Balaban J connectivity index is 2.19. The van der Waals surface area contributed by atoms with Gasteiger partial charge in [-0.15, -0.1) is 11.6 Å². The number of hydrogen-bond acceptors (Lipinski definition) is 3. The van der Waals surface area contributed by atoms with Crippen LogP contribution in [0.5, 0.6) is 0 Å². The van der Waals surface area contributed by atoms with Crippen molar-refractivity contribution in [3.63, 3.8) is 0 Å². The lowest BCUT2D eigenvalue weighted by Crippen LogP contribution is -2.27. The minimum Gasteiger partial charge on any atom is -0.444 e. The first kappa shape index (κ1) is 12.5. The van der Waals surface area contributed by atoms with Crippen molar-refractivity contribution in [2.45, 2.75) is 0 Å². The number of carbonyl (C=O) groups is 1. The van der Waals surface area contributed by atoms with Crippen molar-refractivity contribution < 1.29 is 13.9 Å². The lowest BCUT2D eigenvalue weighted by molar-refractivity contribution is 0.0895. The molecule has 0 fully saturated rings. The second kappa shape index (κ2) is 6.87. The van der Waals surface area contributed by atoms with Crippen molar-refractivity contribution in [3.05, 3.63) is 22.6 Å². The predicted molar refractivity (Wildman–Crippen MR) is 60.3 cm³/mol. The fourth-order valence-corrected chi connectivity index (χ4v) is 1.33. The van der Waals surface area contributed by atoms with E-state index in [9.17, 15) is 4.79 Å². The third-order valence-electron chi connectivity index (χ3n) is 1.55. The van der Waals surface area contributed by atoms with Crippen LogP contribution in [0, 0.1) is 0 Å². The summed E-state index contributed by atoms with van der Waals surface area (Å²) >= 11 is 8.53. The second-order valence-electron chi connectivity index (χ2n) is 2.66. The first-order valence-electron chi connectivity index (χ1n) is 4.41. The van der Waals surface area contributed by atoms with Crippen molar-refractivity contribution in [1.29, 1.82) is 0 Å². The normalized spacial score (nSPS) is 10.3. The number of ether oxygens (including phenoxy) is 1. The van der Waals surface area contributed by atoms with Crippen LogP contribution in [0.2, 0.25) is 0 Å². The molecular weight excluding hydrogens is 285 g/mol. The Kier molecular flexibility index (Phi) is 5.75. The zero-order valence-corrected chi connectivity index (χ0v) is 10.3. The zero-order chi connectivity index (χ0) is 11.1. The maximum Gasteiger partial charge on any atom is 0.287 e. The van der Waals surface area contributed by atoms with Crippen LogP contribution in [0.1, 0.15) is 10.6 Å². The van der Waals surface area contributed by atoms with Gasteiger partial charge in [0.05, 0.1) is 13.2 Å². The Morgan fingerprint density at radius 1 is 1.53 bits per heavy atom. The highest BCUT2D eigenvalue weighted by Crippen LogP contribution is 2.13. The third kappa shape index (κ3) is 4.68. The van der Waals surface area contributed by atoms with E-state index in [-0.39, 0.29) is 11.7 Å². The van der Waals surface area contributed by atoms with Crippen molar-refractivity contribution >= 4 is 33.4 Å². The molecule has 1 N–H and O–H groups in total. The molecule has 0 aromatic carbocycles. The number of halogens is 2. The number of hydrogen-bond donors (Lipinski definition) is 1. The van der Waals surface area contributed by atoms with Crippen molar-refractivity contribution in [2.75, 3.05) is 25.6 Å². The van der Waals surface area contributed by atoms with Gasteiger partial charge in [0, 0.05) is 12.4 Å². The fourth-order valence-electron chi connectivity index (χ4n) is 0.917. The molecule has 0 bridgehead atoms. The van der Waals surface area contributed by atoms with E-state index in [1.807, 2.05) is 0 Å². The molecule has 1 heterocycles. The van der Waals surface area contributed by atoms with Gasteiger partial charge in [-0.05, 0) is 28.1 Å². The average molecular weight is 297 g/mol. The van der Waals surface area contributed by atoms with Crippen LogP contribution < -0.4 is 5.32 Å². The van der Waals surface area contributed by atoms with E-state index in [1.54, 1.807) is 12.1 Å². The van der Waals surface area contributed by atoms with Crippen LogP contribution in [0.3, 0.4) is 0 Å². The molecule has 4 nitrogen and oxygen atoms in total. The molecule has 0 saturated heterocycles. The number of rotatable bonds is 6.